The van der Waals surface area contributed by atoms with Crippen LogP contribution >= 0.6 is 0 Å². The van der Waals surface area contributed by atoms with Gasteiger partial charge in [0.15, 0.2) is 0 Å². The smallest absolute Gasteiger partial charge is 0.244 e. The molecule has 0 bridgehead atoms. The topological polar surface area (TPSA) is 86.8 Å². The number of nitrogens with one attached hydrogen (secondary N) is 1. The quantitative estimate of drug-likeness (QED) is 0.625. The molecule has 0 radical (unpaired) electrons. The molecule has 0 saturated heterocycles. The van der Waals surface area contributed by atoms with Gasteiger partial charge in [0.2, 0.25) is 21.8 Å². The minimum atomic E-state index is -3.74. The summed E-state index contributed by atoms with van der Waals surface area (Å²) < 4.78 is 26.4. The Morgan fingerprint density at radius 3 is 2.19 bits per heavy atom. The number of anilines is 1. The van der Waals surface area contributed by atoms with Gasteiger partial charge in [0.1, 0.15) is 12.6 Å². The first kappa shape index (κ1) is 25.4. The van der Waals surface area contributed by atoms with Gasteiger partial charge in [0.05, 0.1) is 11.9 Å². The van der Waals surface area contributed by atoms with Crippen molar-refractivity contribution in [3.05, 3.63) is 64.7 Å². The van der Waals surface area contributed by atoms with Crippen LogP contribution in [0, 0.1) is 20.8 Å². The van der Waals surface area contributed by atoms with E-state index in [1.165, 1.54) is 11.9 Å². The number of sulfonamides is 1. The molecule has 0 aliphatic heterocycles. The van der Waals surface area contributed by atoms with Crippen LogP contribution in [0.4, 0.5) is 5.69 Å². The third-order valence-electron chi connectivity index (χ3n) is 5.63. The van der Waals surface area contributed by atoms with E-state index in [2.05, 4.69) is 5.32 Å². The first-order chi connectivity index (χ1) is 15.0. The van der Waals surface area contributed by atoms with Crippen LogP contribution in [0.1, 0.15) is 35.6 Å². The van der Waals surface area contributed by atoms with Crippen LogP contribution in [-0.2, 0) is 26.2 Å². The van der Waals surface area contributed by atoms with Crippen molar-refractivity contribution in [3.63, 3.8) is 0 Å². The predicted molar refractivity (Wildman–Crippen MR) is 128 cm³/mol. The van der Waals surface area contributed by atoms with Gasteiger partial charge in [-0.15, -0.1) is 0 Å². The highest BCUT2D eigenvalue weighted by Crippen LogP contribution is 2.25. The molecule has 8 heteroatoms. The number of aryl methyl sites for hydroxylation is 2. The molecule has 0 spiro atoms. The average molecular weight is 460 g/mol. The lowest BCUT2D eigenvalue weighted by Crippen LogP contribution is -2.51. The van der Waals surface area contributed by atoms with E-state index < -0.39 is 22.0 Å². The van der Waals surface area contributed by atoms with E-state index in [9.17, 15) is 18.0 Å². The fraction of sp³-hybridized carbons (Fsp3) is 0.417. The number of likely N-dealkylation sites (N-methyl/N-ethyl adjacent to an activating group) is 1. The average Bonchev–Trinajstić information content (AvgIpc) is 2.74. The second-order valence-corrected chi connectivity index (χ2v) is 9.94. The predicted octanol–water partition coefficient (Wildman–Crippen LogP) is 2.93. The molecule has 7 nitrogen and oxygen atoms in total. The third-order valence-corrected chi connectivity index (χ3v) is 6.76. The maximum absolute atomic E-state index is 13.5. The van der Waals surface area contributed by atoms with Crippen molar-refractivity contribution >= 4 is 27.5 Å². The van der Waals surface area contributed by atoms with Gasteiger partial charge in [-0.3, -0.25) is 13.9 Å². The van der Waals surface area contributed by atoms with Gasteiger partial charge in [-0.1, -0.05) is 48.9 Å². The fourth-order valence-corrected chi connectivity index (χ4v) is 4.48. The molecular formula is C24H33N3O4S. The fourth-order valence-electron chi connectivity index (χ4n) is 3.58. The van der Waals surface area contributed by atoms with Crippen LogP contribution in [0.2, 0.25) is 0 Å². The number of amides is 2. The molecule has 0 saturated carbocycles. The normalized spacial score (nSPS) is 12.2. The molecule has 0 unspecified atom stereocenters. The summed E-state index contributed by atoms with van der Waals surface area (Å²) in [6.45, 7) is 7.34. The van der Waals surface area contributed by atoms with Crippen LogP contribution in [-0.4, -0.2) is 51.0 Å². The Balaban J connectivity index is 2.46. The largest absolute Gasteiger partial charge is 0.357 e. The lowest BCUT2D eigenvalue weighted by atomic mass is 10.1. The van der Waals surface area contributed by atoms with Crippen LogP contribution in [0.3, 0.4) is 0 Å². The number of hydrogen-bond acceptors (Lipinski definition) is 4. The van der Waals surface area contributed by atoms with Crippen molar-refractivity contribution in [1.82, 2.24) is 10.2 Å². The van der Waals surface area contributed by atoms with Crippen molar-refractivity contribution in [2.75, 3.05) is 24.2 Å². The van der Waals surface area contributed by atoms with Gasteiger partial charge >= 0.3 is 0 Å². The number of carbonyl (C=O) groups is 2. The monoisotopic (exact) mass is 459 g/mol. The van der Waals surface area contributed by atoms with Crippen molar-refractivity contribution in [2.45, 2.75) is 46.7 Å². The maximum Gasteiger partial charge on any atom is 0.244 e. The summed E-state index contributed by atoms with van der Waals surface area (Å²) in [5.74, 6) is -0.724. The van der Waals surface area contributed by atoms with Gasteiger partial charge in [-0.2, -0.15) is 0 Å². The van der Waals surface area contributed by atoms with Crippen LogP contribution in [0.15, 0.2) is 42.5 Å². The van der Waals surface area contributed by atoms with Crippen molar-refractivity contribution in [1.29, 1.82) is 0 Å². The van der Waals surface area contributed by atoms with E-state index in [-0.39, 0.29) is 19.0 Å². The Morgan fingerprint density at radius 1 is 1.03 bits per heavy atom. The summed E-state index contributed by atoms with van der Waals surface area (Å²) in [4.78, 5) is 27.5. The summed E-state index contributed by atoms with van der Waals surface area (Å²) in [5.41, 5.74) is 4.13. The number of hydrogen-bond donors (Lipinski definition) is 1. The van der Waals surface area contributed by atoms with Crippen LogP contribution in [0.5, 0.6) is 0 Å². The van der Waals surface area contributed by atoms with E-state index in [4.69, 9.17) is 0 Å². The Kier molecular flexibility index (Phi) is 8.44. The minimum Gasteiger partial charge on any atom is -0.357 e. The highest BCUT2D eigenvalue weighted by atomic mass is 32.2. The second kappa shape index (κ2) is 10.6. The van der Waals surface area contributed by atoms with Crippen molar-refractivity contribution in [3.8, 4) is 0 Å². The second-order valence-electron chi connectivity index (χ2n) is 8.03. The molecule has 32 heavy (non-hydrogen) atoms. The molecule has 0 aliphatic rings. The first-order valence-corrected chi connectivity index (χ1v) is 12.4. The number of nitrogens with zero attached hydrogens (tertiary/aromatic N) is 2. The number of benzene rings is 2. The standard InChI is InChI=1S/C24H33N3O4S/c1-7-21(24(29)25-5)26(15-20-13-11-17(2)12-14-20)23(28)16-27(32(6,30)31)22-10-8-9-18(3)19(22)4/h8-14,21H,7,15-16H2,1-6H3,(H,25,29)/t21-/m0/s1. The molecule has 1 atom stereocenters. The molecule has 2 amide bonds. The molecule has 0 fully saturated rings. The highest BCUT2D eigenvalue weighted by Gasteiger charge is 2.31. The molecule has 0 heterocycles. The van der Waals surface area contributed by atoms with Gasteiger partial charge in [0, 0.05) is 13.6 Å². The molecule has 0 aliphatic carbocycles. The summed E-state index contributed by atoms with van der Waals surface area (Å²) in [6.07, 6.45) is 1.49. The van der Waals surface area contributed by atoms with E-state index in [0.29, 0.717) is 12.1 Å². The molecule has 2 aromatic carbocycles. The summed E-state index contributed by atoms with van der Waals surface area (Å²) >= 11 is 0. The number of rotatable bonds is 9. The summed E-state index contributed by atoms with van der Waals surface area (Å²) in [7, 11) is -2.21. The molecular weight excluding hydrogens is 426 g/mol. The Bertz CT molecular complexity index is 1070. The zero-order valence-electron chi connectivity index (χ0n) is 19.7. The zero-order chi connectivity index (χ0) is 24.1. The molecule has 1 N–H and O–H groups in total. The van der Waals surface area contributed by atoms with E-state index in [1.807, 2.05) is 58.0 Å². The Hall–Kier alpha value is -2.87. The van der Waals surface area contributed by atoms with E-state index >= 15 is 0 Å². The maximum atomic E-state index is 13.5. The number of carbonyl (C=O) groups excluding carboxylic acids is 2. The summed E-state index contributed by atoms with van der Waals surface area (Å²) in [5, 5.41) is 2.61. The SMILES string of the molecule is CC[C@@H](C(=O)NC)N(Cc1ccc(C)cc1)C(=O)CN(c1cccc(C)c1C)S(C)(=O)=O. The molecule has 2 aromatic rings. The van der Waals surface area contributed by atoms with Gasteiger partial charge < -0.3 is 10.2 Å². The lowest BCUT2D eigenvalue weighted by molar-refractivity contribution is -0.140. The minimum absolute atomic E-state index is 0.204. The van der Waals surface area contributed by atoms with Gasteiger partial charge in [0.25, 0.3) is 0 Å². The Morgan fingerprint density at radius 2 is 1.66 bits per heavy atom. The van der Waals surface area contributed by atoms with Crippen LogP contribution in [0.25, 0.3) is 0 Å². The molecule has 2 rings (SSSR count). The van der Waals surface area contributed by atoms with Crippen molar-refractivity contribution in [2.24, 2.45) is 0 Å². The van der Waals surface area contributed by atoms with Gasteiger partial charge in [-0.05, 0) is 49.9 Å². The van der Waals surface area contributed by atoms with Crippen molar-refractivity contribution < 1.29 is 18.0 Å². The van der Waals surface area contributed by atoms with Crippen LogP contribution < -0.4 is 9.62 Å². The highest BCUT2D eigenvalue weighted by molar-refractivity contribution is 7.92. The first-order valence-electron chi connectivity index (χ1n) is 10.6. The Labute approximate surface area is 191 Å². The van der Waals surface area contributed by atoms with Gasteiger partial charge in [-0.25, -0.2) is 8.42 Å². The van der Waals surface area contributed by atoms with E-state index in [0.717, 1.165) is 32.8 Å². The third kappa shape index (κ3) is 6.09. The lowest BCUT2D eigenvalue weighted by Gasteiger charge is -2.33. The zero-order valence-corrected chi connectivity index (χ0v) is 20.5. The molecule has 0 aromatic heterocycles. The summed E-state index contributed by atoms with van der Waals surface area (Å²) in [6, 6.07) is 12.3. The van der Waals surface area contributed by atoms with E-state index in [1.54, 1.807) is 12.1 Å². The molecule has 174 valence electrons.